The van der Waals surface area contributed by atoms with Gasteiger partial charge >= 0.3 is 0 Å². The first-order valence-electron chi connectivity index (χ1n) is 9.29. The SMILES string of the molecule is O=C(N/N=C\c1ccc(Sc2nc3ccccc3[nH]2)o1)c1ccc2ccccc2c1. The first kappa shape index (κ1) is 18.2. The molecule has 2 N–H and O–H groups in total. The van der Waals surface area contributed by atoms with E-state index in [0.717, 1.165) is 27.0 Å². The van der Waals surface area contributed by atoms with E-state index in [-0.39, 0.29) is 5.91 Å². The minimum absolute atomic E-state index is 0.277. The molecule has 5 aromatic rings. The van der Waals surface area contributed by atoms with E-state index in [1.807, 2.05) is 66.7 Å². The van der Waals surface area contributed by atoms with Gasteiger partial charge < -0.3 is 9.40 Å². The van der Waals surface area contributed by atoms with Crippen LogP contribution in [0, 0.1) is 0 Å². The lowest BCUT2D eigenvalue weighted by atomic mass is 10.1. The molecular formula is C23H16N4O2S. The summed E-state index contributed by atoms with van der Waals surface area (Å²) in [6.07, 6.45) is 1.47. The monoisotopic (exact) mass is 412 g/mol. The van der Waals surface area contributed by atoms with Crippen LogP contribution in [-0.4, -0.2) is 22.1 Å². The minimum atomic E-state index is -0.277. The van der Waals surface area contributed by atoms with Crippen molar-refractivity contribution in [3.8, 4) is 0 Å². The van der Waals surface area contributed by atoms with E-state index >= 15 is 0 Å². The van der Waals surface area contributed by atoms with Crippen LogP contribution < -0.4 is 5.43 Å². The molecule has 0 saturated carbocycles. The van der Waals surface area contributed by atoms with Crippen molar-refractivity contribution in [1.82, 2.24) is 15.4 Å². The predicted molar refractivity (Wildman–Crippen MR) is 118 cm³/mol. The van der Waals surface area contributed by atoms with E-state index in [1.54, 1.807) is 12.1 Å². The molecule has 0 unspecified atom stereocenters. The lowest BCUT2D eigenvalue weighted by Gasteiger charge is -2.02. The molecule has 3 aromatic carbocycles. The summed E-state index contributed by atoms with van der Waals surface area (Å²) < 4.78 is 5.73. The first-order valence-corrected chi connectivity index (χ1v) is 10.1. The van der Waals surface area contributed by atoms with Crippen LogP contribution in [0.3, 0.4) is 0 Å². The molecule has 30 heavy (non-hydrogen) atoms. The molecule has 0 aliphatic rings. The van der Waals surface area contributed by atoms with E-state index in [1.165, 1.54) is 18.0 Å². The summed E-state index contributed by atoms with van der Waals surface area (Å²) in [6, 6.07) is 24.9. The molecule has 0 atom stereocenters. The van der Waals surface area contributed by atoms with Crippen molar-refractivity contribution < 1.29 is 9.21 Å². The molecule has 6 nitrogen and oxygen atoms in total. The average molecular weight is 412 g/mol. The third kappa shape index (κ3) is 3.83. The van der Waals surface area contributed by atoms with Gasteiger partial charge in [-0.3, -0.25) is 4.79 Å². The average Bonchev–Trinajstić information content (AvgIpc) is 3.39. The van der Waals surface area contributed by atoms with Gasteiger partial charge in [-0.1, -0.05) is 42.5 Å². The number of nitrogens with zero attached hydrogens (tertiary/aromatic N) is 2. The van der Waals surface area contributed by atoms with Gasteiger partial charge in [0.25, 0.3) is 5.91 Å². The van der Waals surface area contributed by atoms with Crippen LogP contribution >= 0.6 is 11.8 Å². The third-order valence-electron chi connectivity index (χ3n) is 4.54. The topological polar surface area (TPSA) is 83.3 Å². The highest BCUT2D eigenvalue weighted by molar-refractivity contribution is 7.99. The van der Waals surface area contributed by atoms with Crippen LogP contribution in [0.25, 0.3) is 21.8 Å². The fourth-order valence-corrected chi connectivity index (χ4v) is 3.85. The van der Waals surface area contributed by atoms with Gasteiger partial charge in [0.05, 0.1) is 17.2 Å². The van der Waals surface area contributed by atoms with Gasteiger partial charge in [-0.15, -0.1) is 0 Å². The van der Waals surface area contributed by atoms with Gasteiger partial charge in [0, 0.05) is 5.56 Å². The summed E-state index contributed by atoms with van der Waals surface area (Å²) in [7, 11) is 0. The molecule has 2 heterocycles. The van der Waals surface area contributed by atoms with Crippen molar-refractivity contribution in [3.63, 3.8) is 0 Å². The highest BCUT2D eigenvalue weighted by atomic mass is 32.2. The fraction of sp³-hybridized carbons (Fsp3) is 0. The van der Waals surface area contributed by atoms with Crippen LogP contribution in [-0.2, 0) is 0 Å². The maximum absolute atomic E-state index is 12.3. The number of hydrogen-bond donors (Lipinski definition) is 2. The number of benzene rings is 3. The quantitative estimate of drug-likeness (QED) is 0.306. The highest BCUT2D eigenvalue weighted by Crippen LogP contribution is 2.28. The molecule has 0 saturated heterocycles. The van der Waals surface area contributed by atoms with E-state index in [4.69, 9.17) is 4.42 Å². The van der Waals surface area contributed by atoms with Crippen molar-refractivity contribution >= 4 is 45.7 Å². The van der Waals surface area contributed by atoms with Crippen molar-refractivity contribution in [2.75, 3.05) is 0 Å². The van der Waals surface area contributed by atoms with E-state index in [0.29, 0.717) is 16.4 Å². The van der Waals surface area contributed by atoms with Gasteiger partial charge in [-0.05, 0) is 58.9 Å². The zero-order chi connectivity index (χ0) is 20.3. The number of furan rings is 1. The summed E-state index contributed by atoms with van der Waals surface area (Å²) in [4.78, 5) is 20.1. The molecule has 146 valence electrons. The number of imidazole rings is 1. The van der Waals surface area contributed by atoms with Crippen molar-refractivity contribution in [2.24, 2.45) is 5.10 Å². The molecule has 0 radical (unpaired) electrons. The Morgan fingerprint density at radius 2 is 1.83 bits per heavy atom. The number of nitrogens with one attached hydrogen (secondary N) is 2. The lowest BCUT2D eigenvalue weighted by molar-refractivity contribution is 0.0955. The Hall–Kier alpha value is -3.84. The number of rotatable bonds is 5. The third-order valence-corrected chi connectivity index (χ3v) is 5.34. The summed E-state index contributed by atoms with van der Waals surface area (Å²) in [5, 5.41) is 7.52. The van der Waals surface area contributed by atoms with Crippen molar-refractivity contribution in [2.45, 2.75) is 10.2 Å². The molecule has 0 spiro atoms. The predicted octanol–water partition coefficient (Wildman–Crippen LogP) is 5.22. The minimum Gasteiger partial charge on any atom is -0.448 e. The molecule has 5 rings (SSSR count). The van der Waals surface area contributed by atoms with Crippen LogP contribution in [0.4, 0.5) is 0 Å². The maximum atomic E-state index is 12.3. The normalized spacial score (nSPS) is 11.5. The van der Waals surface area contributed by atoms with Gasteiger partial charge in [-0.2, -0.15) is 5.10 Å². The summed E-state index contributed by atoms with van der Waals surface area (Å²) in [5.41, 5.74) is 4.97. The molecule has 0 aliphatic heterocycles. The fourth-order valence-electron chi connectivity index (χ4n) is 3.08. The van der Waals surface area contributed by atoms with Crippen molar-refractivity contribution in [1.29, 1.82) is 0 Å². The zero-order valence-electron chi connectivity index (χ0n) is 15.7. The summed E-state index contributed by atoms with van der Waals surface area (Å²) >= 11 is 1.39. The first-order chi connectivity index (χ1) is 14.7. The number of para-hydroxylation sites is 2. The number of carbonyl (C=O) groups excluding carboxylic acids is 1. The largest absolute Gasteiger partial charge is 0.448 e. The maximum Gasteiger partial charge on any atom is 0.271 e. The van der Waals surface area contributed by atoms with Gasteiger partial charge in [-0.25, -0.2) is 10.4 Å². The Labute approximate surface area is 176 Å². The molecule has 1 amide bonds. The number of amides is 1. The Bertz CT molecular complexity index is 1350. The molecule has 0 bridgehead atoms. The molecule has 2 aromatic heterocycles. The van der Waals surface area contributed by atoms with Gasteiger partial charge in [0.15, 0.2) is 10.2 Å². The zero-order valence-corrected chi connectivity index (χ0v) is 16.5. The van der Waals surface area contributed by atoms with Crippen LogP contribution in [0.1, 0.15) is 16.1 Å². The lowest BCUT2D eigenvalue weighted by Crippen LogP contribution is -2.17. The highest BCUT2D eigenvalue weighted by Gasteiger charge is 2.08. The second-order valence-corrected chi connectivity index (χ2v) is 7.57. The summed E-state index contributed by atoms with van der Waals surface area (Å²) in [6.45, 7) is 0. The second kappa shape index (κ2) is 7.88. The van der Waals surface area contributed by atoms with Crippen molar-refractivity contribution in [3.05, 3.63) is 90.2 Å². The van der Waals surface area contributed by atoms with E-state index in [9.17, 15) is 4.79 Å². The number of aromatic amines is 1. The number of hydrogen-bond acceptors (Lipinski definition) is 5. The number of hydrazone groups is 1. The summed E-state index contributed by atoms with van der Waals surface area (Å²) in [5.74, 6) is 0.257. The van der Waals surface area contributed by atoms with Crippen LogP contribution in [0.5, 0.6) is 0 Å². The molecule has 0 fully saturated rings. The molecular weight excluding hydrogens is 396 g/mol. The van der Waals surface area contributed by atoms with Crippen LogP contribution in [0.2, 0.25) is 0 Å². The number of H-pyrrole nitrogens is 1. The Balaban J connectivity index is 1.23. The van der Waals surface area contributed by atoms with E-state index in [2.05, 4.69) is 20.5 Å². The molecule has 7 heteroatoms. The smallest absolute Gasteiger partial charge is 0.271 e. The Morgan fingerprint density at radius 3 is 2.73 bits per heavy atom. The molecule has 0 aliphatic carbocycles. The number of aromatic nitrogens is 2. The number of carbonyl (C=O) groups is 1. The number of fused-ring (bicyclic) bond motifs is 2. The standard InChI is InChI=1S/C23H16N4O2S/c28-22(17-10-9-15-5-1-2-6-16(15)13-17)27-24-14-18-11-12-21(29-18)30-23-25-19-7-3-4-8-20(19)26-23/h1-14H,(H,25,26)(H,27,28)/b24-14-. The van der Waals surface area contributed by atoms with Gasteiger partial charge in [0.1, 0.15) is 5.76 Å². The second-order valence-electron chi connectivity index (χ2n) is 6.58. The van der Waals surface area contributed by atoms with Gasteiger partial charge in [0.2, 0.25) is 0 Å². The van der Waals surface area contributed by atoms with E-state index < -0.39 is 0 Å². The Kier molecular flexibility index (Phi) is 4.78. The Morgan fingerprint density at radius 1 is 1.00 bits per heavy atom. The van der Waals surface area contributed by atoms with Crippen LogP contribution in [0.15, 0.2) is 98.6 Å².